The van der Waals surface area contributed by atoms with Gasteiger partial charge in [-0.05, 0) is 43.6 Å². The van der Waals surface area contributed by atoms with Crippen molar-refractivity contribution in [2.75, 3.05) is 31.5 Å². The van der Waals surface area contributed by atoms with Crippen molar-refractivity contribution in [2.45, 2.75) is 20.3 Å². The van der Waals surface area contributed by atoms with Gasteiger partial charge in [0.15, 0.2) is 0 Å². The van der Waals surface area contributed by atoms with Crippen molar-refractivity contribution in [1.29, 1.82) is 0 Å². The molecule has 0 aliphatic carbocycles. The molecule has 0 aliphatic rings. The van der Waals surface area contributed by atoms with Crippen molar-refractivity contribution in [1.82, 2.24) is 10.2 Å². The number of thiophene rings is 1. The Kier molecular flexibility index (Phi) is 6.65. The summed E-state index contributed by atoms with van der Waals surface area (Å²) in [6, 6.07) is 3.69. The first-order valence-electron chi connectivity index (χ1n) is 6.07. The molecule has 0 atom stereocenters. The molecule has 0 bridgehead atoms. The molecule has 2 N–H and O–H groups in total. The first-order valence-corrected chi connectivity index (χ1v) is 6.95. The number of carbonyl (C=O) groups is 1. The lowest BCUT2D eigenvalue weighted by atomic mass is 10.3. The van der Waals surface area contributed by atoms with Gasteiger partial charge in [0.05, 0.1) is 5.00 Å². The predicted octanol–water partition coefficient (Wildman–Crippen LogP) is 2.60. The summed E-state index contributed by atoms with van der Waals surface area (Å²) >= 11 is 1.52. The van der Waals surface area contributed by atoms with Gasteiger partial charge in [0, 0.05) is 6.54 Å². The molecule has 0 unspecified atom stereocenters. The molecule has 17 heavy (non-hydrogen) atoms. The second kappa shape index (κ2) is 8.08. The van der Waals surface area contributed by atoms with E-state index in [2.05, 4.69) is 29.4 Å². The zero-order valence-electron chi connectivity index (χ0n) is 10.5. The molecule has 0 spiro atoms. The van der Waals surface area contributed by atoms with Gasteiger partial charge in [-0.15, -0.1) is 11.3 Å². The number of anilines is 1. The lowest BCUT2D eigenvalue weighted by Crippen LogP contribution is -2.32. The van der Waals surface area contributed by atoms with Crippen LogP contribution in [0.25, 0.3) is 0 Å². The first-order chi connectivity index (χ1) is 8.26. The van der Waals surface area contributed by atoms with Crippen LogP contribution in [-0.2, 0) is 0 Å². The maximum absolute atomic E-state index is 11.5. The Morgan fingerprint density at radius 3 is 2.76 bits per heavy atom. The summed E-state index contributed by atoms with van der Waals surface area (Å²) in [5.41, 5.74) is 0. The molecule has 1 aromatic heterocycles. The van der Waals surface area contributed by atoms with Gasteiger partial charge in [0.25, 0.3) is 0 Å². The van der Waals surface area contributed by atoms with Crippen molar-refractivity contribution in [3.8, 4) is 0 Å². The van der Waals surface area contributed by atoms with E-state index in [0.717, 1.165) is 31.1 Å². The standard InChI is InChI=1S/C12H21N3OS/c1-3-15(4-2)9-6-8-13-12(16)14-11-7-5-10-17-11/h5,7,10H,3-4,6,8-9H2,1-2H3,(H2,13,14,16). The molecule has 0 aliphatic heterocycles. The fourth-order valence-electron chi connectivity index (χ4n) is 1.55. The molecule has 0 radical (unpaired) electrons. The number of hydrogen-bond donors (Lipinski definition) is 2. The van der Waals surface area contributed by atoms with E-state index in [1.165, 1.54) is 11.3 Å². The van der Waals surface area contributed by atoms with Crippen molar-refractivity contribution in [3.63, 3.8) is 0 Å². The number of nitrogens with one attached hydrogen (secondary N) is 2. The minimum atomic E-state index is -0.119. The minimum Gasteiger partial charge on any atom is -0.338 e. The molecule has 96 valence electrons. The number of hydrogen-bond acceptors (Lipinski definition) is 3. The van der Waals surface area contributed by atoms with Crippen LogP contribution in [0.4, 0.5) is 9.80 Å². The SMILES string of the molecule is CCN(CC)CCCNC(=O)Nc1cccs1. The van der Waals surface area contributed by atoms with Gasteiger partial charge in [-0.2, -0.15) is 0 Å². The Hall–Kier alpha value is -1.07. The molecule has 2 amide bonds. The van der Waals surface area contributed by atoms with E-state index in [0.29, 0.717) is 6.54 Å². The van der Waals surface area contributed by atoms with Crippen LogP contribution in [-0.4, -0.2) is 37.1 Å². The van der Waals surface area contributed by atoms with Crippen molar-refractivity contribution < 1.29 is 4.79 Å². The number of amides is 2. The van der Waals surface area contributed by atoms with Crippen LogP contribution < -0.4 is 10.6 Å². The predicted molar refractivity (Wildman–Crippen MR) is 73.7 cm³/mol. The average Bonchev–Trinajstić information content (AvgIpc) is 2.82. The largest absolute Gasteiger partial charge is 0.338 e. The molecular formula is C12H21N3OS. The van der Waals surface area contributed by atoms with Gasteiger partial charge >= 0.3 is 6.03 Å². The molecule has 0 saturated carbocycles. The molecule has 0 fully saturated rings. The topological polar surface area (TPSA) is 44.4 Å². The molecule has 1 heterocycles. The lowest BCUT2D eigenvalue weighted by molar-refractivity contribution is 0.250. The molecule has 1 aromatic rings. The third kappa shape index (κ3) is 5.70. The Labute approximate surface area is 107 Å². The minimum absolute atomic E-state index is 0.119. The molecule has 0 saturated heterocycles. The summed E-state index contributed by atoms with van der Waals surface area (Å²) in [6.07, 6.45) is 0.986. The monoisotopic (exact) mass is 255 g/mol. The van der Waals surface area contributed by atoms with E-state index in [-0.39, 0.29) is 6.03 Å². The summed E-state index contributed by atoms with van der Waals surface area (Å²) in [5, 5.41) is 8.47. The van der Waals surface area contributed by atoms with Gasteiger partial charge < -0.3 is 10.2 Å². The third-order valence-electron chi connectivity index (χ3n) is 2.59. The van der Waals surface area contributed by atoms with E-state index in [4.69, 9.17) is 0 Å². The van der Waals surface area contributed by atoms with Crippen molar-refractivity contribution in [2.24, 2.45) is 0 Å². The van der Waals surface area contributed by atoms with Crippen LogP contribution in [0.1, 0.15) is 20.3 Å². The van der Waals surface area contributed by atoms with Crippen LogP contribution in [0.5, 0.6) is 0 Å². The highest BCUT2D eigenvalue weighted by Gasteiger charge is 2.02. The Morgan fingerprint density at radius 1 is 1.41 bits per heavy atom. The van der Waals surface area contributed by atoms with Crippen LogP contribution >= 0.6 is 11.3 Å². The van der Waals surface area contributed by atoms with E-state index < -0.39 is 0 Å². The second-order valence-electron chi connectivity index (χ2n) is 3.74. The quantitative estimate of drug-likeness (QED) is 0.736. The van der Waals surface area contributed by atoms with Gasteiger partial charge in [0.1, 0.15) is 0 Å². The summed E-state index contributed by atoms with van der Waals surface area (Å²) < 4.78 is 0. The van der Waals surface area contributed by atoms with E-state index in [1.54, 1.807) is 0 Å². The zero-order chi connectivity index (χ0) is 12.5. The van der Waals surface area contributed by atoms with Gasteiger partial charge in [-0.3, -0.25) is 5.32 Å². The van der Waals surface area contributed by atoms with Crippen LogP contribution in [0, 0.1) is 0 Å². The summed E-state index contributed by atoms with van der Waals surface area (Å²) in [6.45, 7) is 8.19. The molecule has 0 aromatic carbocycles. The van der Waals surface area contributed by atoms with E-state index >= 15 is 0 Å². The first kappa shape index (κ1) is 14.0. The number of rotatable bonds is 7. The lowest BCUT2D eigenvalue weighted by Gasteiger charge is -2.17. The number of carbonyl (C=O) groups excluding carboxylic acids is 1. The van der Waals surface area contributed by atoms with Gasteiger partial charge in [0.2, 0.25) is 0 Å². The van der Waals surface area contributed by atoms with Crippen molar-refractivity contribution >= 4 is 22.4 Å². The second-order valence-corrected chi connectivity index (χ2v) is 4.69. The molecule has 1 rings (SSSR count). The molecule has 5 heteroatoms. The number of nitrogens with zero attached hydrogens (tertiary/aromatic N) is 1. The van der Waals surface area contributed by atoms with Crippen LogP contribution in [0.3, 0.4) is 0 Å². The zero-order valence-corrected chi connectivity index (χ0v) is 11.3. The Balaban J connectivity index is 2.08. The summed E-state index contributed by atoms with van der Waals surface area (Å²) in [5.74, 6) is 0. The van der Waals surface area contributed by atoms with Crippen molar-refractivity contribution in [3.05, 3.63) is 17.5 Å². The van der Waals surface area contributed by atoms with Crippen LogP contribution in [0.15, 0.2) is 17.5 Å². The molecule has 4 nitrogen and oxygen atoms in total. The summed E-state index contributed by atoms with van der Waals surface area (Å²) in [4.78, 5) is 13.8. The smallest absolute Gasteiger partial charge is 0.319 e. The van der Waals surface area contributed by atoms with Gasteiger partial charge in [-0.1, -0.05) is 13.8 Å². The average molecular weight is 255 g/mol. The highest BCUT2D eigenvalue weighted by Crippen LogP contribution is 2.14. The summed E-state index contributed by atoms with van der Waals surface area (Å²) in [7, 11) is 0. The third-order valence-corrected chi connectivity index (χ3v) is 3.37. The maximum atomic E-state index is 11.5. The van der Waals surface area contributed by atoms with Crippen LogP contribution in [0.2, 0.25) is 0 Å². The highest BCUT2D eigenvalue weighted by molar-refractivity contribution is 7.14. The Bertz CT molecular complexity index is 310. The molecular weight excluding hydrogens is 234 g/mol. The fraction of sp³-hybridized carbons (Fsp3) is 0.583. The normalized spacial score (nSPS) is 10.5. The van der Waals surface area contributed by atoms with E-state index in [1.807, 2.05) is 17.5 Å². The maximum Gasteiger partial charge on any atom is 0.319 e. The van der Waals surface area contributed by atoms with Gasteiger partial charge in [-0.25, -0.2) is 4.79 Å². The highest BCUT2D eigenvalue weighted by atomic mass is 32.1. The number of urea groups is 1. The fourth-order valence-corrected chi connectivity index (χ4v) is 2.16. The Morgan fingerprint density at radius 2 is 2.18 bits per heavy atom. The van der Waals surface area contributed by atoms with E-state index in [9.17, 15) is 4.79 Å².